The van der Waals surface area contributed by atoms with Gasteiger partial charge in [0.2, 0.25) is 0 Å². The van der Waals surface area contributed by atoms with Crippen LogP contribution in [0.3, 0.4) is 0 Å². The molecule has 134 valence electrons. The van der Waals surface area contributed by atoms with E-state index in [0.29, 0.717) is 29.3 Å². The predicted molar refractivity (Wildman–Crippen MR) is 97.0 cm³/mol. The first-order valence-corrected chi connectivity index (χ1v) is 8.87. The van der Waals surface area contributed by atoms with E-state index in [2.05, 4.69) is 4.98 Å². The molecule has 1 atom stereocenters. The van der Waals surface area contributed by atoms with Crippen LogP contribution in [0.5, 0.6) is 0 Å². The summed E-state index contributed by atoms with van der Waals surface area (Å²) in [5, 5.41) is 9.00. The van der Waals surface area contributed by atoms with E-state index in [-0.39, 0.29) is 12.2 Å². The van der Waals surface area contributed by atoms with Gasteiger partial charge in [-0.15, -0.1) is 0 Å². The van der Waals surface area contributed by atoms with Crippen molar-refractivity contribution in [1.29, 1.82) is 0 Å². The zero-order valence-corrected chi connectivity index (χ0v) is 15.4. The van der Waals surface area contributed by atoms with Gasteiger partial charge in [0, 0.05) is 26.1 Å². The molecule has 0 spiro atoms. The minimum absolute atomic E-state index is 0.173. The highest BCUT2D eigenvalue weighted by molar-refractivity contribution is 8.00. The first kappa shape index (κ1) is 19.2. The highest BCUT2D eigenvalue weighted by Gasteiger charge is 2.22. The molecule has 0 bridgehead atoms. The maximum absolute atomic E-state index is 12.8. The van der Waals surface area contributed by atoms with Crippen molar-refractivity contribution in [2.75, 3.05) is 7.11 Å². The summed E-state index contributed by atoms with van der Waals surface area (Å²) < 4.78 is 6.62. The van der Waals surface area contributed by atoms with Gasteiger partial charge in [-0.2, -0.15) is 0 Å². The molecular formula is C18H22N2O4S. The summed E-state index contributed by atoms with van der Waals surface area (Å²) in [5.74, 6) is -0.914. The quantitative estimate of drug-likeness (QED) is 0.574. The van der Waals surface area contributed by atoms with Crippen molar-refractivity contribution >= 4 is 17.7 Å². The molecule has 2 rings (SSSR count). The lowest BCUT2D eigenvalue weighted by molar-refractivity contribution is -0.136. The number of hydrogen-bond donors (Lipinski definition) is 1. The second-order valence-electron chi connectivity index (χ2n) is 5.63. The summed E-state index contributed by atoms with van der Waals surface area (Å²) in [6.45, 7) is 2.00. The highest BCUT2D eigenvalue weighted by atomic mass is 32.2. The number of benzene rings is 1. The smallest absolute Gasteiger partial charge is 0.317 e. The van der Waals surface area contributed by atoms with E-state index in [4.69, 9.17) is 4.74 Å². The number of aliphatic carboxylic acids is 1. The molecule has 1 unspecified atom stereocenters. The molecule has 25 heavy (non-hydrogen) atoms. The molecule has 0 amide bonds. The van der Waals surface area contributed by atoms with Crippen molar-refractivity contribution < 1.29 is 14.6 Å². The van der Waals surface area contributed by atoms with Crippen molar-refractivity contribution in [3.63, 3.8) is 0 Å². The Morgan fingerprint density at radius 1 is 1.36 bits per heavy atom. The van der Waals surface area contributed by atoms with Gasteiger partial charge in [0.1, 0.15) is 5.25 Å². The Kier molecular flexibility index (Phi) is 6.78. The van der Waals surface area contributed by atoms with Crippen LogP contribution >= 0.6 is 11.8 Å². The third-order valence-corrected chi connectivity index (χ3v) is 5.22. The van der Waals surface area contributed by atoms with Crippen LogP contribution in [0.15, 0.2) is 40.3 Å². The summed E-state index contributed by atoms with van der Waals surface area (Å²) in [4.78, 5) is 28.7. The molecule has 0 aliphatic rings. The van der Waals surface area contributed by atoms with Crippen LogP contribution in [0.2, 0.25) is 0 Å². The number of aromatic nitrogens is 2. The first-order chi connectivity index (χ1) is 12.0. The van der Waals surface area contributed by atoms with Crippen LogP contribution in [0.25, 0.3) is 0 Å². The lowest BCUT2D eigenvalue weighted by atomic mass is 10.0. The van der Waals surface area contributed by atoms with E-state index in [1.54, 1.807) is 21.1 Å². The fraction of sp³-hybridized carbons (Fsp3) is 0.389. The van der Waals surface area contributed by atoms with Gasteiger partial charge >= 0.3 is 5.97 Å². The summed E-state index contributed by atoms with van der Waals surface area (Å²) in [6, 6.07) is 9.68. The predicted octanol–water partition coefficient (Wildman–Crippen LogP) is 2.47. The topological polar surface area (TPSA) is 81.4 Å². The van der Waals surface area contributed by atoms with Crippen LogP contribution in [0, 0.1) is 0 Å². The van der Waals surface area contributed by atoms with Crippen molar-refractivity contribution in [2.45, 2.75) is 36.8 Å². The minimum Gasteiger partial charge on any atom is -0.480 e. The monoisotopic (exact) mass is 362 g/mol. The minimum atomic E-state index is -0.914. The van der Waals surface area contributed by atoms with E-state index in [0.717, 1.165) is 17.3 Å². The Balaban J connectivity index is 2.45. The largest absolute Gasteiger partial charge is 0.480 e. The zero-order valence-electron chi connectivity index (χ0n) is 14.6. The summed E-state index contributed by atoms with van der Waals surface area (Å²) >= 11 is 1.09. The molecule has 0 saturated heterocycles. The lowest BCUT2D eigenvalue weighted by Crippen LogP contribution is -2.28. The van der Waals surface area contributed by atoms with Gasteiger partial charge in [0.15, 0.2) is 5.16 Å². The average molecular weight is 362 g/mol. The molecule has 1 aromatic heterocycles. The SMILES string of the molecule is CCC(Sc1nc(COC)c(Cc2ccccc2)c(=O)n1C)C(=O)O. The molecule has 0 saturated carbocycles. The molecular weight excluding hydrogens is 340 g/mol. The van der Waals surface area contributed by atoms with Crippen LogP contribution in [0.1, 0.15) is 30.2 Å². The number of carbonyl (C=O) groups is 1. The molecule has 0 aliphatic carbocycles. The van der Waals surface area contributed by atoms with Crippen molar-refractivity contribution in [3.05, 3.63) is 57.5 Å². The Labute approximate surface area is 150 Å². The standard InChI is InChI=1S/C18H22N2O4S/c1-4-15(17(22)23)25-18-19-14(11-24-3)13(16(21)20(18)2)10-12-8-6-5-7-9-12/h5-9,15H,4,10-11H2,1-3H3,(H,22,23). The summed E-state index contributed by atoms with van der Waals surface area (Å²) in [7, 11) is 3.17. The normalized spacial score (nSPS) is 12.1. The van der Waals surface area contributed by atoms with Crippen molar-refractivity contribution in [2.24, 2.45) is 7.05 Å². The van der Waals surface area contributed by atoms with Crippen LogP contribution in [-0.2, 0) is 29.6 Å². The molecule has 6 nitrogen and oxygen atoms in total. The Morgan fingerprint density at radius 3 is 2.60 bits per heavy atom. The maximum atomic E-state index is 12.8. The fourth-order valence-electron chi connectivity index (χ4n) is 2.45. The number of methoxy groups -OCH3 is 1. The molecule has 2 aromatic rings. The van der Waals surface area contributed by atoms with Gasteiger partial charge in [-0.25, -0.2) is 4.98 Å². The second-order valence-corrected chi connectivity index (χ2v) is 6.80. The van der Waals surface area contributed by atoms with Crippen LogP contribution in [-0.4, -0.2) is 33.0 Å². The van der Waals surface area contributed by atoms with E-state index >= 15 is 0 Å². The second kappa shape index (κ2) is 8.82. The lowest BCUT2D eigenvalue weighted by Gasteiger charge is -2.16. The molecule has 1 heterocycles. The van der Waals surface area contributed by atoms with Crippen LogP contribution in [0.4, 0.5) is 0 Å². The van der Waals surface area contributed by atoms with E-state index < -0.39 is 11.2 Å². The molecule has 1 N–H and O–H groups in total. The zero-order chi connectivity index (χ0) is 18.4. The first-order valence-electron chi connectivity index (χ1n) is 7.99. The number of carboxylic acid groups (broad SMARTS) is 1. The average Bonchev–Trinajstić information content (AvgIpc) is 2.60. The van der Waals surface area contributed by atoms with Crippen LogP contribution < -0.4 is 5.56 Å². The molecule has 7 heteroatoms. The molecule has 0 fully saturated rings. The van der Waals surface area contributed by atoms with E-state index in [9.17, 15) is 14.7 Å². The maximum Gasteiger partial charge on any atom is 0.317 e. The number of thioether (sulfide) groups is 1. The summed E-state index contributed by atoms with van der Waals surface area (Å²) in [5.41, 5.74) is 1.96. The number of hydrogen-bond acceptors (Lipinski definition) is 5. The molecule has 0 aliphatic heterocycles. The Morgan fingerprint density at radius 2 is 2.04 bits per heavy atom. The number of carboxylic acids is 1. The van der Waals surface area contributed by atoms with Gasteiger partial charge in [-0.1, -0.05) is 49.0 Å². The third kappa shape index (κ3) is 4.70. The van der Waals surface area contributed by atoms with Crippen molar-refractivity contribution in [1.82, 2.24) is 9.55 Å². The van der Waals surface area contributed by atoms with E-state index in [1.807, 2.05) is 30.3 Å². The van der Waals surface area contributed by atoms with Gasteiger partial charge in [0.05, 0.1) is 12.3 Å². The van der Waals surface area contributed by atoms with Crippen molar-refractivity contribution in [3.8, 4) is 0 Å². The van der Waals surface area contributed by atoms with Gasteiger partial charge in [-0.05, 0) is 12.0 Å². The summed E-state index contributed by atoms with van der Waals surface area (Å²) in [6.07, 6.45) is 0.904. The molecule has 0 radical (unpaired) electrons. The van der Waals surface area contributed by atoms with Gasteiger partial charge in [0.25, 0.3) is 5.56 Å². The number of rotatable bonds is 8. The highest BCUT2D eigenvalue weighted by Crippen LogP contribution is 2.24. The number of nitrogens with zero attached hydrogens (tertiary/aromatic N) is 2. The third-order valence-electron chi connectivity index (χ3n) is 3.83. The van der Waals surface area contributed by atoms with Gasteiger partial charge < -0.3 is 9.84 Å². The number of ether oxygens (including phenoxy) is 1. The fourth-order valence-corrected chi connectivity index (χ4v) is 3.37. The Bertz CT molecular complexity index is 790. The van der Waals surface area contributed by atoms with E-state index in [1.165, 1.54) is 4.57 Å². The Hall–Kier alpha value is -2.12. The molecule has 1 aromatic carbocycles. The van der Waals surface area contributed by atoms with Gasteiger partial charge in [-0.3, -0.25) is 14.2 Å².